The van der Waals surface area contributed by atoms with Crippen LogP contribution in [0.25, 0.3) is 16.7 Å². The molecule has 4 rings (SSSR count). The number of aryl methyl sites for hydroxylation is 3. The molecule has 3 aromatic heterocycles. The fourth-order valence-electron chi connectivity index (χ4n) is 3.16. The van der Waals surface area contributed by atoms with Gasteiger partial charge in [0.25, 0.3) is 11.5 Å². The molecule has 0 aliphatic heterocycles. The van der Waals surface area contributed by atoms with E-state index < -0.39 is 24.0 Å². The van der Waals surface area contributed by atoms with Crippen molar-refractivity contribution in [3.05, 3.63) is 64.5 Å². The average Bonchev–Trinajstić information content (AvgIpc) is 3.32. The van der Waals surface area contributed by atoms with Crippen LogP contribution in [0.15, 0.2) is 47.7 Å². The van der Waals surface area contributed by atoms with Crippen molar-refractivity contribution in [2.45, 2.75) is 20.4 Å². The molecule has 1 N–H and O–H groups in total. The Balaban J connectivity index is 1.38. The van der Waals surface area contributed by atoms with E-state index in [1.807, 2.05) is 38.1 Å². The van der Waals surface area contributed by atoms with E-state index in [0.717, 1.165) is 21.5 Å². The third-order valence-electron chi connectivity index (χ3n) is 4.76. The summed E-state index contributed by atoms with van der Waals surface area (Å²) in [4.78, 5) is 41.0. The Bertz CT molecular complexity index is 1370. The smallest absolute Gasteiger partial charge is 0.326 e. The van der Waals surface area contributed by atoms with Crippen molar-refractivity contribution < 1.29 is 14.3 Å². The van der Waals surface area contributed by atoms with Crippen LogP contribution in [0.1, 0.15) is 11.3 Å². The maximum absolute atomic E-state index is 12.4. The maximum atomic E-state index is 12.4. The van der Waals surface area contributed by atoms with E-state index in [2.05, 4.69) is 20.5 Å². The lowest BCUT2D eigenvalue weighted by Gasteiger charge is -2.10. The molecule has 0 aliphatic rings. The van der Waals surface area contributed by atoms with Gasteiger partial charge in [0.2, 0.25) is 0 Å². The van der Waals surface area contributed by atoms with E-state index >= 15 is 0 Å². The second-order valence-corrected chi connectivity index (χ2v) is 7.31. The Hall–Kier alpha value is -4.28. The maximum Gasteiger partial charge on any atom is 0.326 e. The summed E-state index contributed by atoms with van der Waals surface area (Å²) in [5.74, 6) is -0.815. The molecule has 0 spiro atoms. The number of hydrogen-bond donors (Lipinski definition) is 1. The van der Waals surface area contributed by atoms with Crippen LogP contribution in [0.5, 0.6) is 0 Å². The second kappa shape index (κ2) is 8.46. The minimum Gasteiger partial charge on any atom is -0.454 e. The molecule has 32 heavy (non-hydrogen) atoms. The largest absolute Gasteiger partial charge is 0.454 e. The van der Waals surface area contributed by atoms with Crippen LogP contribution < -0.4 is 10.9 Å². The summed E-state index contributed by atoms with van der Waals surface area (Å²) in [5, 5.41) is 11.4. The number of nitrogens with zero attached hydrogens (tertiary/aromatic N) is 6. The predicted octanol–water partition coefficient (Wildman–Crippen LogP) is 1.11. The van der Waals surface area contributed by atoms with Gasteiger partial charge in [0.1, 0.15) is 24.1 Å². The molecular formula is C21H21N7O4. The fourth-order valence-corrected chi connectivity index (χ4v) is 3.16. The topological polar surface area (TPSA) is 126 Å². The highest BCUT2D eigenvalue weighted by Crippen LogP contribution is 2.17. The van der Waals surface area contributed by atoms with Crippen molar-refractivity contribution in [3.8, 4) is 5.69 Å². The molecule has 1 aromatic carbocycles. The molecule has 0 fully saturated rings. The van der Waals surface area contributed by atoms with Crippen molar-refractivity contribution in [3.63, 3.8) is 0 Å². The molecular weight excluding hydrogens is 414 g/mol. The van der Waals surface area contributed by atoms with E-state index in [9.17, 15) is 14.4 Å². The number of carbonyl (C=O) groups is 2. The molecule has 0 unspecified atom stereocenters. The zero-order valence-electron chi connectivity index (χ0n) is 17.8. The quantitative estimate of drug-likeness (QED) is 0.450. The minimum atomic E-state index is -0.740. The van der Waals surface area contributed by atoms with E-state index in [4.69, 9.17) is 4.74 Å². The molecule has 3 heterocycles. The number of amides is 1. The predicted molar refractivity (Wildman–Crippen MR) is 115 cm³/mol. The van der Waals surface area contributed by atoms with E-state index in [-0.39, 0.29) is 6.54 Å². The lowest BCUT2D eigenvalue weighted by molar-refractivity contribution is -0.147. The van der Waals surface area contributed by atoms with Gasteiger partial charge in [-0.3, -0.25) is 23.6 Å². The van der Waals surface area contributed by atoms with Crippen LogP contribution in [0.2, 0.25) is 0 Å². The zero-order valence-corrected chi connectivity index (χ0v) is 17.8. The Kier molecular flexibility index (Phi) is 5.54. The molecule has 0 saturated heterocycles. The van der Waals surface area contributed by atoms with Gasteiger partial charge in [-0.2, -0.15) is 10.2 Å². The van der Waals surface area contributed by atoms with Gasteiger partial charge in [-0.25, -0.2) is 9.67 Å². The first kappa shape index (κ1) is 21.0. The number of benzene rings is 1. The van der Waals surface area contributed by atoms with Crippen LogP contribution in [-0.4, -0.2) is 47.6 Å². The van der Waals surface area contributed by atoms with Crippen LogP contribution in [-0.2, 0) is 27.9 Å². The second-order valence-electron chi connectivity index (χ2n) is 7.31. The number of fused-ring (bicyclic) bond motifs is 1. The molecule has 4 aromatic rings. The molecule has 0 radical (unpaired) electrons. The monoisotopic (exact) mass is 435 g/mol. The van der Waals surface area contributed by atoms with E-state index in [1.165, 1.54) is 17.2 Å². The van der Waals surface area contributed by atoms with Crippen LogP contribution >= 0.6 is 0 Å². The number of hydrogen-bond acceptors (Lipinski definition) is 7. The highest BCUT2D eigenvalue weighted by Gasteiger charge is 2.15. The SMILES string of the molecule is Cc1ccc(-n2nc(C)cc2NC(=O)COC(=O)Cn2cnc3c(cnn3C)c2=O)cc1. The summed E-state index contributed by atoms with van der Waals surface area (Å²) < 4.78 is 9.21. The van der Waals surface area contributed by atoms with E-state index in [0.29, 0.717) is 16.9 Å². The molecule has 0 atom stereocenters. The number of ether oxygens (including phenoxy) is 1. The summed E-state index contributed by atoms with van der Waals surface area (Å²) in [6, 6.07) is 9.39. The van der Waals surface area contributed by atoms with Gasteiger partial charge in [0, 0.05) is 13.1 Å². The average molecular weight is 435 g/mol. The van der Waals surface area contributed by atoms with Crippen molar-refractivity contribution in [1.29, 1.82) is 0 Å². The van der Waals surface area contributed by atoms with Gasteiger partial charge in [-0.15, -0.1) is 0 Å². The minimum absolute atomic E-state index is 0.292. The molecule has 11 heteroatoms. The van der Waals surface area contributed by atoms with Crippen molar-refractivity contribution in [2.24, 2.45) is 7.05 Å². The molecule has 0 saturated carbocycles. The highest BCUT2D eigenvalue weighted by molar-refractivity contribution is 5.92. The zero-order chi connectivity index (χ0) is 22.8. The van der Waals surface area contributed by atoms with Crippen molar-refractivity contribution in [1.82, 2.24) is 29.1 Å². The van der Waals surface area contributed by atoms with Gasteiger partial charge in [0.15, 0.2) is 12.3 Å². The Morgan fingerprint density at radius 3 is 2.66 bits per heavy atom. The van der Waals surface area contributed by atoms with Gasteiger partial charge in [0.05, 0.1) is 17.6 Å². The summed E-state index contributed by atoms with van der Waals surface area (Å²) in [6.45, 7) is 2.91. The first-order valence-electron chi connectivity index (χ1n) is 9.78. The number of anilines is 1. The fraction of sp³-hybridized carbons (Fsp3) is 0.238. The van der Waals surface area contributed by atoms with Crippen molar-refractivity contribution in [2.75, 3.05) is 11.9 Å². The standard InChI is InChI=1S/C21H21N7O4/c1-13-4-6-15(7-5-13)28-17(8-14(2)25-28)24-18(29)11-32-19(30)10-27-12-22-20-16(21(27)31)9-23-26(20)3/h4-9,12H,10-11H2,1-3H3,(H,24,29). The third-order valence-corrected chi connectivity index (χ3v) is 4.76. The Morgan fingerprint density at radius 1 is 1.16 bits per heavy atom. The Labute approximate surface area is 182 Å². The van der Waals surface area contributed by atoms with Gasteiger partial charge in [-0.1, -0.05) is 17.7 Å². The molecule has 1 amide bonds. The molecule has 0 aliphatic carbocycles. The van der Waals surface area contributed by atoms with Gasteiger partial charge in [-0.05, 0) is 26.0 Å². The summed E-state index contributed by atoms with van der Waals surface area (Å²) in [7, 11) is 1.66. The third kappa shape index (κ3) is 4.26. The van der Waals surface area contributed by atoms with Crippen LogP contribution in [0, 0.1) is 13.8 Å². The Morgan fingerprint density at radius 2 is 1.91 bits per heavy atom. The molecule has 164 valence electrons. The number of aromatic nitrogens is 6. The normalized spacial score (nSPS) is 11.0. The first-order chi connectivity index (χ1) is 15.3. The lowest BCUT2D eigenvalue weighted by Crippen LogP contribution is -2.28. The number of esters is 1. The first-order valence-corrected chi connectivity index (χ1v) is 9.78. The summed E-state index contributed by atoms with van der Waals surface area (Å²) in [5.41, 5.74) is 2.61. The molecule has 0 bridgehead atoms. The van der Waals surface area contributed by atoms with Crippen molar-refractivity contribution >= 4 is 28.7 Å². The van der Waals surface area contributed by atoms with E-state index in [1.54, 1.807) is 17.8 Å². The number of nitrogens with one attached hydrogen (secondary N) is 1. The molecule has 11 nitrogen and oxygen atoms in total. The highest BCUT2D eigenvalue weighted by atomic mass is 16.5. The number of carbonyl (C=O) groups excluding carboxylic acids is 2. The summed E-state index contributed by atoms with van der Waals surface area (Å²) in [6.07, 6.45) is 2.63. The van der Waals surface area contributed by atoms with Gasteiger partial charge < -0.3 is 10.1 Å². The number of rotatable bonds is 6. The van der Waals surface area contributed by atoms with Gasteiger partial charge >= 0.3 is 5.97 Å². The lowest BCUT2D eigenvalue weighted by atomic mass is 10.2. The summed E-state index contributed by atoms with van der Waals surface area (Å²) >= 11 is 0. The van der Waals surface area contributed by atoms with Crippen LogP contribution in [0.3, 0.4) is 0 Å². The van der Waals surface area contributed by atoms with Crippen LogP contribution in [0.4, 0.5) is 5.82 Å².